The number of methoxy groups -OCH3 is 1. The maximum atomic E-state index is 12.8. The summed E-state index contributed by atoms with van der Waals surface area (Å²) in [6.07, 6.45) is 1.53. The Morgan fingerprint density at radius 3 is 2.41 bits per heavy atom. The molecule has 0 aliphatic carbocycles. The van der Waals surface area contributed by atoms with Crippen molar-refractivity contribution in [3.8, 4) is 11.5 Å². The van der Waals surface area contributed by atoms with E-state index in [-0.39, 0.29) is 17.4 Å². The zero-order valence-electron chi connectivity index (χ0n) is 21.0. The van der Waals surface area contributed by atoms with E-state index in [2.05, 4.69) is 10.6 Å². The van der Waals surface area contributed by atoms with Crippen LogP contribution in [0.5, 0.6) is 11.5 Å². The molecule has 4 rings (SSSR count). The molecule has 1 aliphatic rings. The molecule has 0 bridgehead atoms. The van der Waals surface area contributed by atoms with Gasteiger partial charge in [0.15, 0.2) is 18.1 Å². The number of benzene rings is 3. The molecule has 3 aromatic carbocycles. The van der Waals surface area contributed by atoms with Crippen molar-refractivity contribution in [3.63, 3.8) is 0 Å². The van der Waals surface area contributed by atoms with Gasteiger partial charge in [-0.1, -0.05) is 41.9 Å². The maximum absolute atomic E-state index is 12.8. The van der Waals surface area contributed by atoms with Gasteiger partial charge in [-0.3, -0.25) is 24.1 Å². The molecular weight excluding hydrogens is 542 g/mol. The van der Waals surface area contributed by atoms with Gasteiger partial charge in [0.25, 0.3) is 17.1 Å². The zero-order chi connectivity index (χ0) is 27.9. The predicted octanol–water partition coefficient (Wildman–Crippen LogP) is 5.35. The number of nitrogens with one attached hydrogen (secondary N) is 2. The molecule has 11 heteroatoms. The first-order valence-electron chi connectivity index (χ1n) is 11.7. The molecule has 1 fully saturated rings. The minimum Gasteiger partial charge on any atom is -0.493 e. The Hall–Kier alpha value is -4.28. The number of anilines is 2. The third-order valence-electron chi connectivity index (χ3n) is 5.53. The molecule has 1 aliphatic heterocycles. The Balaban J connectivity index is 1.38. The fourth-order valence-corrected chi connectivity index (χ4v) is 4.58. The van der Waals surface area contributed by atoms with E-state index in [1.165, 1.54) is 13.2 Å². The zero-order valence-corrected chi connectivity index (χ0v) is 22.6. The van der Waals surface area contributed by atoms with Crippen LogP contribution < -0.4 is 20.1 Å². The van der Waals surface area contributed by atoms with E-state index in [1.807, 2.05) is 13.0 Å². The minimum absolute atomic E-state index is 0.166. The quantitative estimate of drug-likeness (QED) is 0.336. The molecule has 0 unspecified atom stereocenters. The number of ether oxygens (including phenoxy) is 2. The number of aryl methyl sites for hydroxylation is 1. The first-order valence-corrected chi connectivity index (χ1v) is 12.9. The Morgan fingerprint density at radius 1 is 0.949 bits per heavy atom. The summed E-state index contributed by atoms with van der Waals surface area (Å²) in [5, 5.41) is 5.37. The number of carbonyl (C=O) groups excluding carboxylic acids is 4. The second-order valence-corrected chi connectivity index (χ2v) is 9.79. The summed E-state index contributed by atoms with van der Waals surface area (Å²) in [4.78, 5) is 51.0. The van der Waals surface area contributed by atoms with Crippen LogP contribution in [0.15, 0.2) is 71.6 Å². The van der Waals surface area contributed by atoms with Crippen LogP contribution in [0.2, 0.25) is 5.02 Å². The summed E-state index contributed by atoms with van der Waals surface area (Å²) in [5.74, 6) is -0.789. The monoisotopic (exact) mass is 565 g/mol. The lowest BCUT2D eigenvalue weighted by Crippen LogP contribution is -2.36. The van der Waals surface area contributed by atoms with Crippen LogP contribution in [0.3, 0.4) is 0 Å². The van der Waals surface area contributed by atoms with Crippen LogP contribution in [0.25, 0.3) is 6.08 Å². The standard InChI is InChI=1S/C28H24ClN3O6S/c1-17-8-10-20(14-21(17)29)31-26(34)16-38-22-11-9-18(12-23(22)37-2)13-24-27(35)32(28(36)39-24)15-25(33)30-19-6-4-3-5-7-19/h3-14H,15-16H2,1-2H3,(H,30,33)(H,31,34)/b24-13-. The van der Waals surface area contributed by atoms with Crippen LogP contribution in [0, 0.1) is 6.92 Å². The molecule has 0 atom stereocenters. The first-order chi connectivity index (χ1) is 18.7. The van der Waals surface area contributed by atoms with Gasteiger partial charge in [-0.2, -0.15) is 0 Å². The van der Waals surface area contributed by atoms with Gasteiger partial charge in [0.2, 0.25) is 5.91 Å². The smallest absolute Gasteiger partial charge is 0.294 e. The van der Waals surface area contributed by atoms with Crippen molar-refractivity contribution in [3.05, 3.63) is 87.8 Å². The van der Waals surface area contributed by atoms with E-state index >= 15 is 0 Å². The molecule has 4 amide bonds. The highest BCUT2D eigenvalue weighted by Gasteiger charge is 2.36. The largest absolute Gasteiger partial charge is 0.493 e. The summed E-state index contributed by atoms with van der Waals surface area (Å²) in [5.41, 5.74) is 2.58. The van der Waals surface area contributed by atoms with E-state index in [9.17, 15) is 19.2 Å². The average Bonchev–Trinajstić information content (AvgIpc) is 3.17. The van der Waals surface area contributed by atoms with E-state index in [4.69, 9.17) is 21.1 Å². The van der Waals surface area contributed by atoms with Crippen LogP contribution in [0.4, 0.5) is 16.2 Å². The van der Waals surface area contributed by atoms with E-state index in [0.717, 1.165) is 22.2 Å². The molecule has 1 saturated heterocycles. The summed E-state index contributed by atoms with van der Waals surface area (Å²) < 4.78 is 11.0. The molecule has 1 heterocycles. The summed E-state index contributed by atoms with van der Waals surface area (Å²) in [6, 6.07) is 18.8. The molecule has 2 N–H and O–H groups in total. The second-order valence-electron chi connectivity index (χ2n) is 8.39. The molecule has 9 nitrogen and oxygen atoms in total. The van der Waals surface area contributed by atoms with Crippen molar-refractivity contribution in [2.24, 2.45) is 0 Å². The minimum atomic E-state index is -0.569. The SMILES string of the molecule is COc1cc(/C=C2\SC(=O)N(CC(=O)Nc3ccccc3)C2=O)ccc1OCC(=O)Nc1ccc(C)c(Cl)c1. The van der Waals surface area contributed by atoms with Gasteiger partial charge in [-0.25, -0.2) is 0 Å². The molecule has 3 aromatic rings. The van der Waals surface area contributed by atoms with Gasteiger partial charge < -0.3 is 20.1 Å². The Bertz CT molecular complexity index is 1460. The van der Waals surface area contributed by atoms with Crippen molar-refractivity contribution in [1.82, 2.24) is 4.90 Å². The molecule has 0 saturated carbocycles. The number of hydrogen-bond donors (Lipinski definition) is 2. The highest BCUT2D eigenvalue weighted by atomic mass is 35.5. The molecule has 0 radical (unpaired) electrons. The predicted molar refractivity (Wildman–Crippen MR) is 151 cm³/mol. The highest BCUT2D eigenvalue weighted by Crippen LogP contribution is 2.34. The van der Waals surface area contributed by atoms with Crippen LogP contribution >= 0.6 is 23.4 Å². The van der Waals surface area contributed by atoms with E-state index in [1.54, 1.807) is 60.7 Å². The summed E-state index contributed by atoms with van der Waals surface area (Å²) >= 11 is 6.84. The van der Waals surface area contributed by atoms with E-state index < -0.39 is 23.6 Å². The van der Waals surface area contributed by atoms with Crippen LogP contribution in [-0.2, 0) is 14.4 Å². The number of rotatable bonds is 9. The molecule has 200 valence electrons. The molecule has 0 spiro atoms. The summed E-state index contributed by atoms with van der Waals surface area (Å²) in [7, 11) is 1.44. The van der Waals surface area contributed by atoms with Gasteiger partial charge in [-0.15, -0.1) is 0 Å². The lowest BCUT2D eigenvalue weighted by Gasteiger charge is -2.13. The summed E-state index contributed by atoms with van der Waals surface area (Å²) in [6.45, 7) is 1.19. The van der Waals surface area contributed by atoms with Crippen molar-refractivity contribution in [1.29, 1.82) is 0 Å². The van der Waals surface area contributed by atoms with Gasteiger partial charge >= 0.3 is 0 Å². The number of amides is 4. The number of hydrogen-bond acceptors (Lipinski definition) is 7. The van der Waals surface area contributed by atoms with Gasteiger partial charge in [0.05, 0.1) is 12.0 Å². The average molecular weight is 566 g/mol. The van der Waals surface area contributed by atoms with Gasteiger partial charge in [0, 0.05) is 16.4 Å². The van der Waals surface area contributed by atoms with Crippen molar-refractivity contribution >= 4 is 63.8 Å². The third kappa shape index (κ3) is 7.18. The van der Waals surface area contributed by atoms with Crippen LogP contribution in [-0.4, -0.2) is 48.1 Å². The number of imide groups is 1. The highest BCUT2D eigenvalue weighted by molar-refractivity contribution is 8.18. The molecule has 0 aromatic heterocycles. The fourth-order valence-electron chi connectivity index (χ4n) is 3.56. The lowest BCUT2D eigenvalue weighted by atomic mass is 10.2. The van der Waals surface area contributed by atoms with Gasteiger partial charge in [0.1, 0.15) is 6.54 Å². The molecular formula is C28H24ClN3O6S. The van der Waals surface area contributed by atoms with Crippen molar-refractivity contribution in [2.75, 3.05) is 30.9 Å². The topological polar surface area (TPSA) is 114 Å². The Morgan fingerprint density at radius 2 is 1.69 bits per heavy atom. The number of thioether (sulfide) groups is 1. The third-order valence-corrected chi connectivity index (χ3v) is 6.85. The number of nitrogens with zero attached hydrogens (tertiary/aromatic N) is 1. The Labute approximate surface area is 234 Å². The normalized spacial score (nSPS) is 13.9. The van der Waals surface area contributed by atoms with Crippen molar-refractivity contribution in [2.45, 2.75) is 6.92 Å². The number of halogens is 1. The maximum Gasteiger partial charge on any atom is 0.294 e. The number of carbonyl (C=O) groups is 4. The second kappa shape index (κ2) is 12.5. The molecule has 39 heavy (non-hydrogen) atoms. The number of para-hydroxylation sites is 1. The van der Waals surface area contributed by atoms with Crippen molar-refractivity contribution < 1.29 is 28.7 Å². The van der Waals surface area contributed by atoms with Gasteiger partial charge in [-0.05, 0) is 72.3 Å². The van der Waals surface area contributed by atoms with E-state index in [0.29, 0.717) is 33.5 Å². The first kappa shape index (κ1) is 27.7. The van der Waals surface area contributed by atoms with Crippen LogP contribution in [0.1, 0.15) is 11.1 Å². The lowest BCUT2D eigenvalue weighted by molar-refractivity contribution is -0.127. The fraction of sp³-hybridized carbons (Fsp3) is 0.143. The Kier molecular flexibility index (Phi) is 8.90.